The smallest absolute Gasteiger partial charge is 0.0680 e. The van der Waals surface area contributed by atoms with Crippen molar-refractivity contribution in [2.45, 2.75) is 25.9 Å². The lowest BCUT2D eigenvalue weighted by atomic mass is 10.0. The number of rotatable bonds is 2. The van der Waals surface area contributed by atoms with E-state index in [1.807, 2.05) is 0 Å². The van der Waals surface area contributed by atoms with E-state index in [2.05, 4.69) is 73.8 Å². The first-order valence-electron chi connectivity index (χ1n) is 7.03. The number of hydrogen-bond donors (Lipinski definition) is 0. The van der Waals surface area contributed by atoms with Crippen molar-refractivity contribution in [3.05, 3.63) is 82.9 Å². The first kappa shape index (κ1) is 12.7. The molecule has 1 aliphatic heterocycles. The lowest BCUT2D eigenvalue weighted by Gasteiger charge is -2.30. The monoisotopic (exact) mass is 264 g/mol. The summed E-state index contributed by atoms with van der Waals surface area (Å²) in [5, 5.41) is 0. The molecule has 0 atom stereocenters. The molecule has 3 rings (SSSR count). The van der Waals surface area contributed by atoms with Gasteiger partial charge in [-0.3, -0.25) is 0 Å². The summed E-state index contributed by atoms with van der Waals surface area (Å²) < 4.78 is 0. The summed E-state index contributed by atoms with van der Waals surface area (Å²) in [6.45, 7) is 5.01. The van der Waals surface area contributed by atoms with E-state index in [4.69, 9.17) is 0 Å². The molecule has 0 N–H and O–H groups in total. The molecule has 96 valence electrons. The van der Waals surface area contributed by atoms with Crippen LogP contribution in [0.4, 0.5) is 0 Å². The Balaban J connectivity index is 1.92. The van der Waals surface area contributed by atoms with Crippen LogP contribution in [0.5, 0.6) is 0 Å². The molecule has 0 amide bonds. The van der Waals surface area contributed by atoms with E-state index < -0.39 is 8.07 Å². The standard InChI is InChI=1S/C18H20Si/c1-19(2)17(15-9-5-3-6-10-15)13-14-18(19)16-11-7-4-8-12-16/h3-12H,13-14H2,1-2H3. The van der Waals surface area contributed by atoms with Gasteiger partial charge < -0.3 is 0 Å². The van der Waals surface area contributed by atoms with Crippen LogP contribution in [-0.4, -0.2) is 8.07 Å². The van der Waals surface area contributed by atoms with Crippen molar-refractivity contribution >= 4 is 8.07 Å². The van der Waals surface area contributed by atoms with Crippen LogP contribution >= 0.6 is 0 Å². The van der Waals surface area contributed by atoms with Gasteiger partial charge in [0.15, 0.2) is 0 Å². The fraction of sp³-hybridized carbons (Fsp3) is 0.222. The van der Waals surface area contributed by atoms with Crippen LogP contribution in [0.1, 0.15) is 24.0 Å². The highest BCUT2D eigenvalue weighted by Gasteiger charge is 2.46. The van der Waals surface area contributed by atoms with Crippen LogP contribution in [-0.2, 0) is 0 Å². The molecule has 0 spiro atoms. The number of benzene rings is 2. The molecule has 1 heterocycles. The molecule has 1 heteroatoms. The van der Waals surface area contributed by atoms with Crippen molar-refractivity contribution in [2.75, 3.05) is 0 Å². The lowest BCUT2D eigenvalue weighted by Crippen LogP contribution is -2.37. The van der Waals surface area contributed by atoms with E-state index in [1.54, 1.807) is 11.1 Å². The molecule has 0 aliphatic carbocycles. The highest BCUT2D eigenvalue weighted by molar-refractivity contribution is 6.90. The topological polar surface area (TPSA) is 0 Å². The normalized spacial score (nSPS) is 19.7. The van der Waals surface area contributed by atoms with Crippen LogP contribution in [0.25, 0.3) is 0 Å². The molecular weight excluding hydrogens is 244 g/mol. The van der Waals surface area contributed by atoms with Gasteiger partial charge in [0.1, 0.15) is 0 Å². The highest BCUT2D eigenvalue weighted by atomic mass is 28.3. The Morgan fingerprint density at radius 3 is 1.37 bits per heavy atom. The molecule has 2 aromatic carbocycles. The Kier molecular flexibility index (Phi) is 3.32. The molecule has 0 unspecified atom stereocenters. The average Bonchev–Trinajstić information content (AvgIpc) is 2.76. The largest absolute Gasteiger partial charge is 0.0712 e. The predicted octanol–water partition coefficient (Wildman–Crippen LogP) is 4.81. The summed E-state index contributed by atoms with van der Waals surface area (Å²) in [6, 6.07) is 22.0. The minimum atomic E-state index is -1.45. The maximum absolute atomic E-state index is 2.50. The third-order valence-corrected chi connectivity index (χ3v) is 8.47. The van der Waals surface area contributed by atoms with Gasteiger partial charge in [0, 0.05) is 0 Å². The Morgan fingerprint density at radius 1 is 0.632 bits per heavy atom. The van der Waals surface area contributed by atoms with E-state index in [0.717, 1.165) is 0 Å². The third kappa shape index (κ3) is 2.28. The SMILES string of the molecule is C[Si]1(C)[C](c2ccccc2)CC[C]1c1ccccc1. The van der Waals surface area contributed by atoms with Crippen molar-refractivity contribution in [1.29, 1.82) is 0 Å². The van der Waals surface area contributed by atoms with Gasteiger partial charge >= 0.3 is 0 Å². The van der Waals surface area contributed by atoms with E-state index >= 15 is 0 Å². The van der Waals surface area contributed by atoms with Crippen LogP contribution < -0.4 is 0 Å². The maximum atomic E-state index is 2.50. The second-order valence-corrected chi connectivity index (χ2v) is 10.3. The van der Waals surface area contributed by atoms with Crippen LogP contribution in [0.3, 0.4) is 0 Å². The fourth-order valence-electron chi connectivity index (χ4n) is 3.35. The fourth-order valence-corrected chi connectivity index (χ4v) is 6.99. The first-order chi connectivity index (χ1) is 9.19. The molecule has 0 aromatic heterocycles. The average molecular weight is 264 g/mol. The Morgan fingerprint density at radius 2 is 1.00 bits per heavy atom. The molecular formula is C18H20Si. The molecule has 1 aliphatic rings. The maximum Gasteiger partial charge on any atom is 0.0712 e. The van der Waals surface area contributed by atoms with Crippen molar-refractivity contribution in [1.82, 2.24) is 0 Å². The molecule has 0 nitrogen and oxygen atoms in total. The summed E-state index contributed by atoms with van der Waals surface area (Å²) in [7, 11) is -1.45. The van der Waals surface area contributed by atoms with Gasteiger partial charge in [0.25, 0.3) is 0 Å². The van der Waals surface area contributed by atoms with Gasteiger partial charge in [0.05, 0.1) is 8.07 Å². The van der Waals surface area contributed by atoms with Gasteiger partial charge in [-0.15, -0.1) is 0 Å². The summed E-state index contributed by atoms with van der Waals surface area (Å²) in [6.07, 6.45) is 2.49. The van der Waals surface area contributed by atoms with Crippen LogP contribution in [0, 0.1) is 11.1 Å². The van der Waals surface area contributed by atoms with Gasteiger partial charge in [-0.25, -0.2) is 0 Å². The van der Waals surface area contributed by atoms with Crippen molar-refractivity contribution in [3.8, 4) is 0 Å². The van der Waals surface area contributed by atoms with Crippen molar-refractivity contribution in [3.63, 3.8) is 0 Å². The second-order valence-electron chi connectivity index (χ2n) is 5.81. The lowest BCUT2D eigenvalue weighted by molar-refractivity contribution is 0.942. The molecule has 1 saturated heterocycles. The second kappa shape index (κ2) is 4.97. The van der Waals surface area contributed by atoms with E-state index in [0.29, 0.717) is 0 Å². The van der Waals surface area contributed by atoms with Gasteiger partial charge in [-0.2, -0.15) is 0 Å². The minimum Gasteiger partial charge on any atom is -0.0680 e. The molecule has 1 fully saturated rings. The van der Waals surface area contributed by atoms with Gasteiger partial charge in [-0.05, 0) is 35.1 Å². The minimum absolute atomic E-state index is 1.24. The summed E-state index contributed by atoms with van der Waals surface area (Å²) in [5.41, 5.74) is 6.36. The van der Waals surface area contributed by atoms with E-state index in [9.17, 15) is 0 Å². The zero-order valence-corrected chi connectivity index (χ0v) is 12.7. The van der Waals surface area contributed by atoms with Crippen LogP contribution in [0.15, 0.2) is 60.7 Å². The molecule has 0 saturated carbocycles. The molecule has 0 bridgehead atoms. The van der Waals surface area contributed by atoms with Crippen molar-refractivity contribution < 1.29 is 0 Å². The zero-order chi connectivity index (χ0) is 13.3. The number of hydrogen-bond acceptors (Lipinski definition) is 0. The Labute approximate surface area is 117 Å². The molecule has 2 aromatic rings. The highest BCUT2D eigenvalue weighted by Crippen LogP contribution is 2.48. The third-order valence-electron chi connectivity index (χ3n) is 4.38. The summed E-state index contributed by atoms with van der Waals surface area (Å²) >= 11 is 0. The summed E-state index contributed by atoms with van der Waals surface area (Å²) in [5.74, 6) is 0. The van der Waals surface area contributed by atoms with Gasteiger partial charge in [-0.1, -0.05) is 73.8 Å². The van der Waals surface area contributed by atoms with Crippen molar-refractivity contribution in [2.24, 2.45) is 0 Å². The quantitative estimate of drug-likeness (QED) is 0.683. The first-order valence-corrected chi connectivity index (χ1v) is 10.0. The van der Waals surface area contributed by atoms with Gasteiger partial charge in [0.2, 0.25) is 0 Å². The van der Waals surface area contributed by atoms with Crippen LogP contribution in [0.2, 0.25) is 13.1 Å². The van der Waals surface area contributed by atoms with E-state index in [-0.39, 0.29) is 0 Å². The Bertz CT molecular complexity index is 481. The summed E-state index contributed by atoms with van der Waals surface area (Å²) in [4.78, 5) is 0. The predicted molar refractivity (Wildman–Crippen MR) is 84.3 cm³/mol. The molecule has 19 heavy (non-hydrogen) atoms. The zero-order valence-electron chi connectivity index (χ0n) is 11.7. The van der Waals surface area contributed by atoms with E-state index in [1.165, 1.54) is 24.0 Å². The Hall–Kier alpha value is -1.34. The molecule has 2 radical (unpaired) electrons.